The van der Waals surface area contributed by atoms with Crippen molar-refractivity contribution in [2.45, 2.75) is 17.9 Å². The minimum atomic E-state index is -3.63. The number of benzene rings is 1. The fraction of sp³-hybridized carbons (Fsp3) is 0.417. The second-order valence-corrected chi connectivity index (χ2v) is 8.06. The second kappa shape index (κ2) is 7.09. The summed E-state index contributed by atoms with van der Waals surface area (Å²) in [4.78, 5) is 0.245. The third kappa shape index (κ3) is 3.85. The first-order valence-corrected chi connectivity index (χ1v) is 9.40. The van der Waals surface area contributed by atoms with Gasteiger partial charge >= 0.3 is 0 Å². The highest BCUT2D eigenvalue weighted by atomic mass is 35.5. The van der Waals surface area contributed by atoms with Crippen LogP contribution in [0, 0.1) is 0 Å². The van der Waals surface area contributed by atoms with Crippen molar-refractivity contribution in [2.24, 2.45) is 5.73 Å². The van der Waals surface area contributed by atoms with Crippen LogP contribution >= 0.6 is 35.6 Å². The van der Waals surface area contributed by atoms with Gasteiger partial charge in [-0.3, -0.25) is 0 Å². The maximum atomic E-state index is 12.5. The highest BCUT2D eigenvalue weighted by Gasteiger charge is 2.27. The zero-order valence-electron chi connectivity index (χ0n) is 11.5. The lowest BCUT2D eigenvalue weighted by Gasteiger charge is -2.24. The number of thiocarbonyl (C=S) groups is 1. The van der Waals surface area contributed by atoms with Crippen LogP contribution in [0.3, 0.4) is 0 Å². The van der Waals surface area contributed by atoms with Gasteiger partial charge in [0.2, 0.25) is 10.0 Å². The lowest BCUT2D eigenvalue weighted by molar-refractivity contribution is 0.415. The molecule has 0 saturated heterocycles. The van der Waals surface area contributed by atoms with E-state index in [0.717, 1.165) is 0 Å². The lowest BCUT2D eigenvalue weighted by Crippen LogP contribution is -2.36. The monoisotopic (exact) mass is 352 g/mol. The lowest BCUT2D eigenvalue weighted by atomic mass is 10.2. The molecule has 0 spiro atoms. The highest BCUT2D eigenvalue weighted by Crippen LogP contribution is 2.26. The smallest absolute Gasteiger partial charge is 0.244 e. The Morgan fingerprint density at radius 1 is 1.55 bits per heavy atom. The Bertz CT molecular complexity index is 605. The van der Waals surface area contributed by atoms with E-state index in [9.17, 15) is 8.42 Å². The van der Waals surface area contributed by atoms with E-state index in [1.54, 1.807) is 24.9 Å². The van der Waals surface area contributed by atoms with Gasteiger partial charge in [-0.25, -0.2) is 8.42 Å². The van der Waals surface area contributed by atoms with E-state index < -0.39 is 10.0 Å². The van der Waals surface area contributed by atoms with E-state index in [2.05, 4.69) is 0 Å². The van der Waals surface area contributed by atoms with Crippen LogP contribution in [0.1, 0.15) is 12.5 Å². The summed E-state index contributed by atoms with van der Waals surface area (Å²) in [7, 11) is -2.08. The Balaban J connectivity index is 3.19. The normalized spacial score (nSPS) is 13.4. The van der Waals surface area contributed by atoms with Gasteiger partial charge in [0.15, 0.2) is 0 Å². The molecule has 1 atom stereocenters. The first kappa shape index (κ1) is 17.7. The molecule has 1 rings (SSSR count). The number of sulfonamides is 1. The van der Waals surface area contributed by atoms with Gasteiger partial charge in [-0.05, 0) is 25.3 Å². The maximum Gasteiger partial charge on any atom is 0.244 e. The molecule has 2 N–H and O–H groups in total. The van der Waals surface area contributed by atoms with Gasteiger partial charge in [0.05, 0.1) is 5.02 Å². The van der Waals surface area contributed by atoms with Gasteiger partial charge < -0.3 is 5.73 Å². The predicted octanol–water partition coefficient (Wildman–Crippen LogP) is 2.35. The van der Waals surface area contributed by atoms with Crippen molar-refractivity contribution in [1.29, 1.82) is 0 Å². The zero-order chi connectivity index (χ0) is 15.5. The molecule has 112 valence electrons. The first-order valence-electron chi connectivity index (χ1n) is 5.78. The average Bonchev–Trinajstić information content (AvgIpc) is 2.37. The molecule has 0 bridgehead atoms. The Morgan fingerprint density at radius 3 is 2.60 bits per heavy atom. The topological polar surface area (TPSA) is 63.4 Å². The van der Waals surface area contributed by atoms with Crippen LogP contribution in [0.25, 0.3) is 0 Å². The van der Waals surface area contributed by atoms with Crippen LogP contribution in [0.5, 0.6) is 0 Å². The van der Waals surface area contributed by atoms with Crippen molar-refractivity contribution in [2.75, 3.05) is 19.1 Å². The number of hydrogen-bond donors (Lipinski definition) is 1. The fourth-order valence-electron chi connectivity index (χ4n) is 1.60. The van der Waals surface area contributed by atoms with Gasteiger partial charge in [0.25, 0.3) is 0 Å². The van der Waals surface area contributed by atoms with Crippen LogP contribution in [0.2, 0.25) is 5.02 Å². The summed E-state index contributed by atoms with van der Waals surface area (Å²) in [6.07, 6.45) is 1.93. The summed E-state index contributed by atoms with van der Waals surface area (Å²) in [6, 6.07) is 4.35. The molecule has 1 aromatic rings. The molecule has 0 fully saturated rings. The Labute approximate surface area is 134 Å². The van der Waals surface area contributed by atoms with Crippen molar-refractivity contribution < 1.29 is 8.42 Å². The summed E-state index contributed by atoms with van der Waals surface area (Å²) in [6.45, 7) is 1.85. The summed E-state index contributed by atoms with van der Waals surface area (Å²) < 4.78 is 26.4. The van der Waals surface area contributed by atoms with E-state index in [-0.39, 0.29) is 20.9 Å². The molecule has 0 aliphatic heterocycles. The third-order valence-corrected chi connectivity index (χ3v) is 6.41. The van der Waals surface area contributed by atoms with E-state index in [4.69, 9.17) is 29.6 Å². The van der Waals surface area contributed by atoms with E-state index in [0.29, 0.717) is 11.3 Å². The van der Waals surface area contributed by atoms with Crippen molar-refractivity contribution >= 4 is 50.6 Å². The van der Waals surface area contributed by atoms with Crippen molar-refractivity contribution in [3.63, 3.8) is 0 Å². The van der Waals surface area contributed by atoms with Crippen LogP contribution in [0.15, 0.2) is 23.1 Å². The standard InChI is InChI=1S/C12H17ClN2O2S3/c1-8(7-19-3)15(2)20(16,17)11-5-4-9(12(14)18)6-10(11)13/h4-6,8H,7H2,1-3H3,(H2,14,18). The number of nitrogens with two attached hydrogens (primary N) is 1. The molecule has 4 nitrogen and oxygen atoms in total. The number of nitrogens with zero attached hydrogens (tertiary/aromatic N) is 1. The molecule has 0 radical (unpaired) electrons. The predicted molar refractivity (Wildman–Crippen MR) is 90.1 cm³/mol. The largest absolute Gasteiger partial charge is 0.389 e. The van der Waals surface area contributed by atoms with E-state index >= 15 is 0 Å². The van der Waals surface area contributed by atoms with Crippen molar-refractivity contribution in [3.8, 4) is 0 Å². The third-order valence-electron chi connectivity index (χ3n) is 2.90. The van der Waals surface area contributed by atoms with Crippen LogP contribution < -0.4 is 5.73 Å². The van der Waals surface area contributed by atoms with Crippen LogP contribution in [-0.4, -0.2) is 42.8 Å². The molecule has 20 heavy (non-hydrogen) atoms. The van der Waals surface area contributed by atoms with E-state index in [1.807, 2.05) is 13.2 Å². The molecule has 8 heteroatoms. The molecule has 1 aromatic carbocycles. The molecule has 0 heterocycles. The Morgan fingerprint density at radius 2 is 2.15 bits per heavy atom. The number of rotatable bonds is 6. The quantitative estimate of drug-likeness (QED) is 0.796. The minimum Gasteiger partial charge on any atom is -0.389 e. The molecule has 1 unspecified atom stereocenters. The highest BCUT2D eigenvalue weighted by molar-refractivity contribution is 7.98. The fourth-order valence-corrected chi connectivity index (χ4v) is 4.41. The Kier molecular flexibility index (Phi) is 6.27. The average molecular weight is 353 g/mol. The minimum absolute atomic E-state index is 0.0645. The van der Waals surface area contributed by atoms with Gasteiger partial charge in [-0.1, -0.05) is 29.9 Å². The molecule has 0 saturated carbocycles. The second-order valence-electron chi connectivity index (χ2n) is 4.34. The van der Waals surface area contributed by atoms with Gasteiger partial charge in [0.1, 0.15) is 9.88 Å². The number of thioether (sulfide) groups is 1. The zero-order valence-corrected chi connectivity index (χ0v) is 14.7. The van der Waals surface area contributed by atoms with E-state index in [1.165, 1.54) is 16.4 Å². The van der Waals surface area contributed by atoms with Crippen molar-refractivity contribution in [3.05, 3.63) is 28.8 Å². The summed E-state index contributed by atoms with van der Waals surface area (Å²) in [5.41, 5.74) is 6.04. The Hall–Kier alpha value is -0.340. The molecular formula is C12H17ClN2O2S3. The molecular weight excluding hydrogens is 336 g/mol. The number of halogens is 1. The molecule has 0 aliphatic carbocycles. The molecule has 0 aromatic heterocycles. The van der Waals surface area contributed by atoms with Gasteiger partial charge in [-0.2, -0.15) is 16.1 Å². The van der Waals surface area contributed by atoms with Gasteiger partial charge in [0, 0.05) is 24.4 Å². The summed E-state index contributed by atoms with van der Waals surface area (Å²) >= 11 is 12.5. The first-order chi connectivity index (χ1) is 9.21. The van der Waals surface area contributed by atoms with Crippen molar-refractivity contribution in [1.82, 2.24) is 4.31 Å². The number of hydrogen-bond acceptors (Lipinski definition) is 4. The van der Waals surface area contributed by atoms with Gasteiger partial charge in [-0.15, -0.1) is 0 Å². The molecule has 0 amide bonds. The maximum absolute atomic E-state index is 12.5. The molecule has 0 aliphatic rings. The van der Waals surface area contributed by atoms with Crippen LogP contribution in [0.4, 0.5) is 0 Å². The summed E-state index contributed by atoms with van der Waals surface area (Å²) in [5.74, 6) is 0.707. The van der Waals surface area contributed by atoms with Crippen LogP contribution in [-0.2, 0) is 10.0 Å². The SMILES string of the molecule is CSCC(C)N(C)S(=O)(=O)c1ccc(C(N)=S)cc1Cl. The summed E-state index contributed by atoms with van der Waals surface area (Å²) in [5, 5.41) is 0.124.